The number of carbonyl (C=O) groups excluding carboxylic acids is 3. The van der Waals surface area contributed by atoms with Crippen LogP contribution in [0.15, 0.2) is 32.3 Å². The Kier molecular flexibility index (Phi) is 6.66. The first-order valence-electron chi connectivity index (χ1n) is 13.1. The molecule has 44 heavy (non-hydrogen) atoms. The van der Waals surface area contributed by atoms with E-state index in [-0.39, 0.29) is 17.1 Å². The summed E-state index contributed by atoms with van der Waals surface area (Å²) in [6.45, 7) is 0.0310. The molecule has 2 unspecified atom stereocenters. The van der Waals surface area contributed by atoms with E-state index in [9.17, 15) is 59.7 Å². The highest BCUT2D eigenvalue weighted by atomic mass is 79.9. The van der Waals surface area contributed by atoms with Crippen molar-refractivity contribution in [3.63, 3.8) is 0 Å². The first kappa shape index (κ1) is 30.3. The lowest BCUT2D eigenvalue weighted by molar-refractivity contribution is -0.242. The van der Waals surface area contributed by atoms with Gasteiger partial charge in [-0.3, -0.25) is 34.0 Å². The first-order chi connectivity index (χ1) is 20.5. The number of aromatic amines is 2. The average Bonchev–Trinajstić information content (AvgIpc) is 3.23. The molecule has 11 N–H and O–H groups in total. The maximum Gasteiger partial charge on any atom is 0.327 e. The number of halogens is 1. The molecular weight excluding hydrogens is 658 g/mol. The second kappa shape index (κ2) is 9.65. The van der Waals surface area contributed by atoms with E-state index in [1.807, 2.05) is 4.98 Å². The molecular formula is C25H26BrN5O13. The first-order valence-corrected chi connectivity index (χ1v) is 13.9. The summed E-state index contributed by atoms with van der Waals surface area (Å²) in [5.74, 6) is -6.96. The van der Waals surface area contributed by atoms with Gasteiger partial charge in [-0.05, 0) is 24.6 Å². The van der Waals surface area contributed by atoms with Crippen molar-refractivity contribution < 1.29 is 54.9 Å². The van der Waals surface area contributed by atoms with E-state index in [4.69, 9.17) is 4.74 Å². The number of hydrogen-bond donors (Lipinski definition) is 11. The van der Waals surface area contributed by atoms with Gasteiger partial charge in [-0.2, -0.15) is 0 Å². The molecule has 18 nitrogen and oxygen atoms in total. The van der Waals surface area contributed by atoms with Crippen molar-refractivity contribution in [2.45, 2.75) is 60.3 Å². The summed E-state index contributed by atoms with van der Waals surface area (Å²) >= 11 is 3.24. The largest absolute Gasteiger partial charge is 0.456 e. The van der Waals surface area contributed by atoms with Crippen LogP contribution in [0.1, 0.15) is 12.5 Å². The number of hydrogen-bond acceptors (Lipinski definition) is 14. The molecule has 2 fully saturated rings. The zero-order chi connectivity index (χ0) is 32.3. The van der Waals surface area contributed by atoms with Crippen molar-refractivity contribution in [1.82, 2.24) is 9.97 Å². The Morgan fingerprint density at radius 1 is 0.977 bits per heavy atom. The van der Waals surface area contributed by atoms with Crippen LogP contribution in [0.3, 0.4) is 0 Å². The SMILES string of the molecule is C[C@]1(O)C(=O)N2c3c([nH]c(=O)[nH]c3=O)NC[C@]2(O)[C@@H](C(=O)OC2[C@@H](O)[C@H](O)C(O)[C@@H](O)[C@H]2O)[C@@]12C(=O)Nc1cc(Br)ccc12. The minimum absolute atomic E-state index is 0.0188. The van der Waals surface area contributed by atoms with Gasteiger partial charge in [-0.15, -0.1) is 0 Å². The number of aliphatic hydroxyl groups excluding tert-OH is 5. The van der Waals surface area contributed by atoms with Crippen LogP contribution in [0, 0.1) is 5.92 Å². The Labute approximate surface area is 253 Å². The second-order valence-electron chi connectivity index (χ2n) is 11.3. The van der Waals surface area contributed by atoms with E-state index in [1.54, 1.807) is 0 Å². The Hall–Kier alpha value is -3.69. The molecule has 2 aromatic rings. The van der Waals surface area contributed by atoms with Crippen molar-refractivity contribution in [3.05, 3.63) is 49.1 Å². The molecule has 10 atom stereocenters. The van der Waals surface area contributed by atoms with Gasteiger partial charge in [0.05, 0.1) is 6.54 Å². The molecule has 0 bridgehead atoms. The van der Waals surface area contributed by atoms with E-state index >= 15 is 0 Å². The molecule has 4 heterocycles. The van der Waals surface area contributed by atoms with Crippen molar-refractivity contribution in [2.24, 2.45) is 5.92 Å². The van der Waals surface area contributed by atoms with Gasteiger partial charge in [0.1, 0.15) is 47.7 Å². The number of rotatable bonds is 2. The molecule has 1 aliphatic carbocycles. The predicted molar refractivity (Wildman–Crippen MR) is 147 cm³/mol. The number of ether oxygens (including phenoxy) is 1. The number of aromatic nitrogens is 2. The fourth-order valence-electron chi connectivity index (χ4n) is 6.82. The van der Waals surface area contributed by atoms with Crippen LogP contribution in [0.5, 0.6) is 0 Å². The smallest absolute Gasteiger partial charge is 0.327 e. The number of anilines is 3. The van der Waals surface area contributed by atoms with Gasteiger partial charge in [-0.1, -0.05) is 22.0 Å². The number of piperidine rings is 1. The van der Waals surface area contributed by atoms with Gasteiger partial charge in [-0.25, -0.2) is 4.79 Å². The zero-order valence-corrected chi connectivity index (χ0v) is 24.0. The van der Waals surface area contributed by atoms with Gasteiger partial charge in [0.2, 0.25) is 5.91 Å². The van der Waals surface area contributed by atoms with Crippen molar-refractivity contribution in [2.75, 3.05) is 22.1 Å². The third-order valence-electron chi connectivity index (χ3n) is 8.91. The molecule has 2 amide bonds. The van der Waals surface area contributed by atoms with E-state index in [0.29, 0.717) is 9.37 Å². The highest BCUT2D eigenvalue weighted by Crippen LogP contribution is 2.59. The Morgan fingerprint density at radius 2 is 1.59 bits per heavy atom. The highest BCUT2D eigenvalue weighted by molar-refractivity contribution is 9.10. The average molecular weight is 684 g/mol. The number of β-amino-alcohol motifs (C(OH)–C–C–N with tert-alkyl or cyclic N) is 1. The fourth-order valence-corrected chi connectivity index (χ4v) is 7.18. The van der Waals surface area contributed by atoms with E-state index < -0.39 is 101 Å². The molecule has 4 aliphatic rings. The highest BCUT2D eigenvalue weighted by Gasteiger charge is 2.79. The number of aliphatic hydroxyl groups is 7. The van der Waals surface area contributed by atoms with Crippen LogP contribution in [0.4, 0.5) is 17.2 Å². The maximum absolute atomic E-state index is 14.3. The monoisotopic (exact) mass is 683 g/mol. The lowest BCUT2D eigenvalue weighted by Gasteiger charge is -2.59. The number of nitrogens with zero attached hydrogens (tertiary/aromatic N) is 1. The molecule has 1 aromatic carbocycles. The molecule has 1 saturated heterocycles. The minimum Gasteiger partial charge on any atom is -0.456 e. The summed E-state index contributed by atoms with van der Waals surface area (Å²) in [6, 6.07) is 4.11. The van der Waals surface area contributed by atoms with Gasteiger partial charge in [0.25, 0.3) is 11.5 Å². The van der Waals surface area contributed by atoms with Crippen molar-refractivity contribution in [3.8, 4) is 0 Å². The van der Waals surface area contributed by atoms with E-state index in [1.165, 1.54) is 18.2 Å². The lowest BCUT2D eigenvalue weighted by atomic mass is 9.54. The number of carbonyl (C=O) groups is 3. The number of nitrogens with one attached hydrogen (secondary N) is 4. The molecule has 1 saturated carbocycles. The van der Waals surface area contributed by atoms with Crippen molar-refractivity contribution >= 4 is 50.9 Å². The van der Waals surface area contributed by atoms with Gasteiger partial charge in [0.15, 0.2) is 23.1 Å². The molecule has 236 valence electrons. The third-order valence-corrected chi connectivity index (χ3v) is 9.40. The van der Waals surface area contributed by atoms with E-state index in [2.05, 4.69) is 31.5 Å². The number of esters is 1. The standard InChI is InChI=1S/C25H26BrN5O13/c1-23(42)21(40)31-9-17(29-22(41)30-18(9)37)27-5-24(31,43)16(25(23)7-3-2-6(26)4-8(7)28-20(25)39)19(38)44-15-13(35)11(33)10(32)12(34)14(15)36/h2-4,10-16,32-36,42-43H,5H2,1H3,(H,28,39)(H3,27,29,30,37,41)/t10?,11-,12-,13-,14+,15?,16-,23+,24+,25+/m1/s1. The van der Waals surface area contributed by atoms with Crippen LogP contribution in [-0.4, -0.2) is 118 Å². The summed E-state index contributed by atoms with van der Waals surface area (Å²) < 4.78 is 5.80. The number of benzene rings is 1. The summed E-state index contributed by atoms with van der Waals surface area (Å²) in [5.41, 5.74) is -11.7. The normalized spacial score (nSPS) is 39.2. The molecule has 6 rings (SSSR count). The van der Waals surface area contributed by atoms with Crippen molar-refractivity contribution in [1.29, 1.82) is 0 Å². The van der Waals surface area contributed by atoms with Gasteiger partial charge >= 0.3 is 11.7 Å². The number of H-pyrrole nitrogens is 2. The Balaban J connectivity index is 1.60. The quantitative estimate of drug-likeness (QED) is 0.133. The van der Waals surface area contributed by atoms with Crippen LogP contribution in [-0.2, 0) is 24.5 Å². The summed E-state index contributed by atoms with van der Waals surface area (Å²) in [4.78, 5) is 71.9. The maximum atomic E-state index is 14.3. The predicted octanol–water partition coefficient (Wildman–Crippen LogP) is -4.73. The van der Waals surface area contributed by atoms with Gasteiger partial charge in [0, 0.05) is 10.2 Å². The van der Waals surface area contributed by atoms with E-state index in [0.717, 1.165) is 6.92 Å². The molecule has 19 heteroatoms. The van der Waals surface area contributed by atoms with Gasteiger partial charge < -0.3 is 51.1 Å². The summed E-state index contributed by atoms with van der Waals surface area (Å²) in [7, 11) is 0. The summed E-state index contributed by atoms with van der Waals surface area (Å²) in [6.07, 6.45) is -12.8. The lowest BCUT2D eigenvalue weighted by Crippen LogP contribution is -2.83. The second-order valence-corrected chi connectivity index (χ2v) is 12.2. The topological polar surface area (TPSA) is 295 Å². The van der Waals surface area contributed by atoms with Crippen LogP contribution >= 0.6 is 15.9 Å². The minimum atomic E-state index is -2.96. The summed E-state index contributed by atoms with van der Waals surface area (Å²) in [5, 5.41) is 80.9. The molecule has 0 radical (unpaired) electrons. The zero-order valence-electron chi connectivity index (χ0n) is 22.4. The number of fused-ring (bicyclic) bond motifs is 5. The third kappa shape index (κ3) is 3.68. The molecule has 1 spiro atoms. The Bertz CT molecular complexity index is 1710. The van der Waals surface area contributed by atoms with Crippen LogP contribution < -0.4 is 26.8 Å². The van der Waals surface area contributed by atoms with Crippen LogP contribution in [0.2, 0.25) is 0 Å². The number of amides is 2. The fraction of sp³-hybridized carbons (Fsp3) is 0.480. The Morgan fingerprint density at radius 3 is 2.23 bits per heavy atom. The molecule has 3 aliphatic heterocycles. The molecule has 1 aromatic heterocycles. The van der Waals surface area contributed by atoms with Crippen LogP contribution in [0.25, 0.3) is 0 Å².